The van der Waals surface area contributed by atoms with Gasteiger partial charge < -0.3 is 15.0 Å². The molecule has 0 bridgehead atoms. The van der Waals surface area contributed by atoms with Crippen LogP contribution in [0.4, 0.5) is 5.13 Å². The summed E-state index contributed by atoms with van der Waals surface area (Å²) in [4.78, 5) is 27.5. The molecule has 0 radical (unpaired) electrons. The van der Waals surface area contributed by atoms with E-state index < -0.39 is 0 Å². The number of benzene rings is 2. The Labute approximate surface area is 204 Å². The van der Waals surface area contributed by atoms with Gasteiger partial charge >= 0.3 is 0 Å². The van der Waals surface area contributed by atoms with E-state index in [1.165, 1.54) is 23.3 Å². The predicted octanol–water partition coefficient (Wildman–Crippen LogP) is 5.08. The minimum atomic E-state index is -0.177. The zero-order valence-corrected chi connectivity index (χ0v) is 20.2. The Morgan fingerprint density at radius 3 is 2.50 bits per heavy atom. The third kappa shape index (κ3) is 6.63. The van der Waals surface area contributed by atoms with Gasteiger partial charge in [0.05, 0.1) is 0 Å². The third-order valence-corrected chi connectivity index (χ3v) is 6.88. The lowest BCUT2D eigenvalue weighted by atomic mass is 9.94. The number of amides is 2. The van der Waals surface area contributed by atoms with Gasteiger partial charge in [0.25, 0.3) is 5.91 Å². The van der Waals surface area contributed by atoms with Gasteiger partial charge in [-0.1, -0.05) is 78.6 Å². The molecule has 1 N–H and O–H groups in total. The first-order valence-corrected chi connectivity index (χ1v) is 12.6. The Morgan fingerprint density at radius 1 is 1.03 bits per heavy atom. The quantitative estimate of drug-likeness (QED) is 0.463. The molecule has 0 aliphatic heterocycles. The molecule has 0 spiro atoms. The maximum Gasteiger partial charge on any atom is 0.260 e. The molecule has 8 heteroatoms. The summed E-state index contributed by atoms with van der Waals surface area (Å²) in [6.07, 6.45) is 5.54. The van der Waals surface area contributed by atoms with E-state index in [4.69, 9.17) is 4.74 Å². The minimum absolute atomic E-state index is 0.0293. The van der Waals surface area contributed by atoms with Crippen LogP contribution >= 0.6 is 11.3 Å². The Balaban J connectivity index is 1.33. The first-order valence-electron chi connectivity index (χ1n) is 11.8. The van der Waals surface area contributed by atoms with Crippen molar-refractivity contribution in [2.45, 2.75) is 51.5 Å². The van der Waals surface area contributed by atoms with Gasteiger partial charge in [0.2, 0.25) is 11.0 Å². The van der Waals surface area contributed by atoms with Crippen LogP contribution in [-0.2, 0) is 9.59 Å². The highest BCUT2D eigenvalue weighted by Crippen LogP contribution is 2.27. The summed E-state index contributed by atoms with van der Waals surface area (Å²) in [6.45, 7) is 2.36. The van der Waals surface area contributed by atoms with Crippen molar-refractivity contribution in [2.24, 2.45) is 0 Å². The van der Waals surface area contributed by atoms with Gasteiger partial charge in [-0.05, 0) is 31.9 Å². The van der Waals surface area contributed by atoms with E-state index in [9.17, 15) is 9.59 Å². The SMILES string of the molecule is Cc1ccc(-c2nnc(NC(=O)CCN(C(=O)COc3ccccc3)C3CCCCC3)s2)cc1. The number of para-hydroxylation sites is 1. The van der Waals surface area contributed by atoms with Crippen molar-refractivity contribution >= 4 is 28.3 Å². The fourth-order valence-corrected chi connectivity index (χ4v) is 4.90. The molecule has 1 heterocycles. The first kappa shape index (κ1) is 23.9. The molecule has 7 nitrogen and oxygen atoms in total. The molecule has 1 saturated carbocycles. The molecule has 0 atom stereocenters. The number of nitrogens with zero attached hydrogens (tertiary/aromatic N) is 3. The Bertz CT molecular complexity index is 1080. The monoisotopic (exact) mass is 478 g/mol. The molecular formula is C26H30N4O3S. The molecule has 1 aromatic heterocycles. The zero-order chi connectivity index (χ0) is 23.8. The van der Waals surface area contributed by atoms with E-state index in [1.807, 2.05) is 66.4 Å². The number of aromatic nitrogens is 2. The molecule has 0 unspecified atom stereocenters. The van der Waals surface area contributed by atoms with E-state index in [1.54, 1.807) is 0 Å². The van der Waals surface area contributed by atoms with E-state index in [0.717, 1.165) is 36.3 Å². The maximum atomic E-state index is 13.0. The van der Waals surface area contributed by atoms with Gasteiger partial charge in [0.1, 0.15) is 10.8 Å². The van der Waals surface area contributed by atoms with Crippen molar-refractivity contribution in [1.82, 2.24) is 15.1 Å². The number of nitrogens with one attached hydrogen (secondary N) is 1. The highest BCUT2D eigenvalue weighted by Gasteiger charge is 2.26. The molecule has 0 saturated heterocycles. The summed E-state index contributed by atoms with van der Waals surface area (Å²) >= 11 is 1.34. The molecule has 1 aliphatic rings. The third-order valence-electron chi connectivity index (χ3n) is 5.99. The smallest absolute Gasteiger partial charge is 0.260 e. The number of carbonyl (C=O) groups is 2. The Kier molecular flexibility index (Phi) is 8.25. The van der Waals surface area contributed by atoms with Crippen LogP contribution in [0.15, 0.2) is 54.6 Å². The van der Waals surface area contributed by atoms with Crippen LogP contribution in [0, 0.1) is 6.92 Å². The Morgan fingerprint density at radius 2 is 1.76 bits per heavy atom. The summed E-state index contributed by atoms with van der Waals surface area (Å²) in [5.74, 6) is 0.406. The number of hydrogen-bond acceptors (Lipinski definition) is 6. The summed E-state index contributed by atoms with van der Waals surface area (Å²) in [7, 11) is 0. The van der Waals surface area contributed by atoms with Crippen molar-refractivity contribution in [3.8, 4) is 16.3 Å². The minimum Gasteiger partial charge on any atom is -0.484 e. The number of aryl methyl sites for hydroxylation is 1. The van der Waals surface area contributed by atoms with Crippen molar-refractivity contribution in [1.29, 1.82) is 0 Å². The molecule has 2 amide bonds. The summed E-state index contributed by atoms with van der Waals surface area (Å²) in [5, 5.41) is 12.4. The van der Waals surface area contributed by atoms with Crippen LogP contribution in [0.2, 0.25) is 0 Å². The van der Waals surface area contributed by atoms with E-state index in [0.29, 0.717) is 17.4 Å². The number of rotatable bonds is 9. The van der Waals surface area contributed by atoms with E-state index in [2.05, 4.69) is 15.5 Å². The number of hydrogen-bond donors (Lipinski definition) is 1. The highest BCUT2D eigenvalue weighted by atomic mass is 32.1. The summed E-state index contributed by atoms with van der Waals surface area (Å²) in [5.41, 5.74) is 2.14. The average Bonchev–Trinajstić information content (AvgIpc) is 3.33. The number of anilines is 1. The van der Waals surface area contributed by atoms with Crippen LogP contribution in [-0.4, -0.2) is 46.1 Å². The van der Waals surface area contributed by atoms with Crippen LogP contribution in [0.3, 0.4) is 0 Å². The van der Waals surface area contributed by atoms with Crippen LogP contribution < -0.4 is 10.1 Å². The van der Waals surface area contributed by atoms with Crippen LogP contribution in [0.5, 0.6) is 5.75 Å². The van der Waals surface area contributed by atoms with Gasteiger partial charge in [-0.2, -0.15) is 0 Å². The van der Waals surface area contributed by atoms with Crippen LogP contribution in [0.25, 0.3) is 10.6 Å². The largest absolute Gasteiger partial charge is 0.484 e. The fraction of sp³-hybridized carbons (Fsp3) is 0.385. The lowest BCUT2D eigenvalue weighted by Gasteiger charge is -2.34. The standard InChI is InChI=1S/C26H30N4O3S/c1-19-12-14-20(15-13-19)25-28-29-26(34-25)27-23(31)16-17-30(21-8-4-2-5-9-21)24(32)18-33-22-10-6-3-7-11-22/h3,6-7,10-15,21H,2,4-5,8-9,16-18H2,1H3,(H,27,29,31). The van der Waals surface area contributed by atoms with E-state index >= 15 is 0 Å². The van der Waals surface area contributed by atoms with Gasteiger partial charge in [-0.15, -0.1) is 10.2 Å². The molecule has 1 aliphatic carbocycles. The molecule has 4 rings (SSSR count). The first-order chi connectivity index (χ1) is 16.6. The fourth-order valence-electron chi connectivity index (χ4n) is 4.14. The summed E-state index contributed by atoms with van der Waals surface area (Å²) < 4.78 is 5.69. The van der Waals surface area contributed by atoms with Crippen molar-refractivity contribution in [3.05, 3.63) is 60.2 Å². The second kappa shape index (κ2) is 11.7. The molecule has 34 heavy (non-hydrogen) atoms. The molecule has 178 valence electrons. The summed E-state index contributed by atoms with van der Waals surface area (Å²) in [6, 6.07) is 17.5. The topological polar surface area (TPSA) is 84.4 Å². The van der Waals surface area contributed by atoms with Gasteiger partial charge in [0.15, 0.2) is 6.61 Å². The zero-order valence-electron chi connectivity index (χ0n) is 19.4. The highest BCUT2D eigenvalue weighted by molar-refractivity contribution is 7.18. The number of carbonyl (C=O) groups excluding carboxylic acids is 2. The number of ether oxygens (including phenoxy) is 1. The molecular weight excluding hydrogens is 448 g/mol. The van der Waals surface area contributed by atoms with Crippen molar-refractivity contribution in [3.63, 3.8) is 0 Å². The van der Waals surface area contributed by atoms with Gasteiger partial charge in [-0.3, -0.25) is 9.59 Å². The second-order valence-corrected chi connectivity index (χ2v) is 9.53. The second-order valence-electron chi connectivity index (χ2n) is 8.56. The lowest BCUT2D eigenvalue weighted by Crippen LogP contribution is -2.45. The predicted molar refractivity (Wildman–Crippen MR) is 134 cm³/mol. The Hall–Kier alpha value is -3.26. The van der Waals surface area contributed by atoms with Crippen LogP contribution in [0.1, 0.15) is 44.1 Å². The average molecular weight is 479 g/mol. The molecule has 2 aromatic carbocycles. The van der Waals surface area contributed by atoms with E-state index in [-0.39, 0.29) is 30.9 Å². The van der Waals surface area contributed by atoms with Gasteiger partial charge in [-0.25, -0.2) is 0 Å². The van der Waals surface area contributed by atoms with Crippen molar-refractivity contribution < 1.29 is 14.3 Å². The molecule has 3 aromatic rings. The van der Waals surface area contributed by atoms with Crippen molar-refractivity contribution in [2.75, 3.05) is 18.5 Å². The normalized spacial score (nSPS) is 13.9. The maximum absolute atomic E-state index is 13.0. The lowest BCUT2D eigenvalue weighted by molar-refractivity contribution is -0.136. The van der Waals surface area contributed by atoms with Gasteiger partial charge in [0, 0.05) is 24.6 Å². The molecule has 1 fully saturated rings.